The number of amides is 2. The average Bonchev–Trinajstić information content (AvgIpc) is 3.37. The summed E-state index contributed by atoms with van der Waals surface area (Å²) in [5, 5.41) is 6.14. The summed E-state index contributed by atoms with van der Waals surface area (Å²) in [5.74, 6) is -0.554. The first kappa shape index (κ1) is 21.4. The van der Waals surface area contributed by atoms with Crippen molar-refractivity contribution >= 4 is 22.0 Å². The topological polar surface area (TPSA) is 119 Å². The third kappa shape index (κ3) is 5.10. The van der Waals surface area contributed by atoms with Gasteiger partial charge in [-0.25, -0.2) is 22.3 Å². The lowest BCUT2D eigenvalue weighted by Gasteiger charge is -2.16. The van der Waals surface area contributed by atoms with Crippen LogP contribution in [0.4, 0.5) is 9.18 Å². The second kappa shape index (κ2) is 8.39. The van der Waals surface area contributed by atoms with Crippen LogP contribution in [0.3, 0.4) is 0 Å². The highest BCUT2D eigenvalue weighted by Crippen LogP contribution is 2.31. The first-order valence-corrected chi connectivity index (χ1v) is 11.7. The molecule has 0 spiro atoms. The molecule has 31 heavy (non-hydrogen) atoms. The Morgan fingerprint density at radius 2 is 2.10 bits per heavy atom. The summed E-state index contributed by atoms with van der Waals surface area (Å²) in [6, 6.07) is 4.63. The molecule has 2 amide bonds. The number of halogens is 1. The maximum absolute atomic E-state index is 14.0. The molecule has 1 aliphatic carbocycles. The van der Waals surface area contributed by atoms with E-state index in [4.69, 9.17) is 4.74 Å². The summed E-state index contributed by atoms with van der Waals surface area (Å²) in [7, 11) is -3.62. The maximum Gasteiger partial charge on any atom is 0.349 e. The van der Waals surface area contributed by atoms with Crippen LogP contribution < -0.4 is 14.8 Å². The van der Waals surface area contributed by atoms with Crippen LogP contribution in [-0.4, -0.2) is 42.5 Å². The average molecular weight is 450 g/mol. The molecule has 0 bridgehead atoms. The van der Waals surface area contributed by atoms with E-state index >= 15 is 0 Å². The Labute approximate surface area is 179 Å². The molecule has 9 nitrogen and oxygen atoms in total. The molecule has 4 rings (SSSR count). The van der Waals surface area contributed by atoms with Crippen LogP contribution in [-0.2, 0) is 16.4 Å². The lowest BCUT2D eigenvalue weighted by molar-refractivity contribution is 0.0976. The molecule has 2 aromatic rings. The van der Waals surface area contributed by atoms with E-state index in [1.54, 1.807) is 6.92 Å². The standard InChI is InChI=1S/C20H23FN4O5S/c1-12(14-6-7-16(21)18(9-14)30-11-13-4-5-13)24-31(28,29)8-2-3-15-10-17-19(26)22-20(27)25(17)23-15/h6-7,9-10,12-13,24H,2-5,8,11H2,1H3,(H,22,26,27)/t12-/m1/s1. The van der Waals surface area contributed by atoms with E-state index in [2.05, 4.69) is 15.1 Å². The maximum atomic E-state index is 14.0. The van der Waals surface area contributed by atoms with Crippen LogP contribution in [0.25, 0.3) is 0 Å². The highest BCUT2D eigenvalue weighted by Gasteiger charge is 2.28. The van der Waals surface area contributed by atoms with Gasteiger partial charge in [0.2, 0.25) is 10.0 Å². The van der Waals surface area contributed by atoms with E-state index in [9.17, 15) is 22.4 Å². The lowest BCUT2D eigenvalue weighted by Crippen LogP contribution is -2.29. The van der Waals surface area contributed by atoms with Crippen molar-refractivity contribution in [2.75, 3.05) is 12.4 Å². The van der Waals surface area contributed by atoms with Crippen molar-refractivity contribution in [3.63, 3.8) is 0 Å². The second-order valence-electron chi connectivity index (χ2n) is 7.90. The summed E-state index contributed by atoms with van der Waals surface area (Å²) < 4.78 is 48.0. The Hall–Kier alpha value is -2.79. The van der Waals surface area contributed by atoms with Crippen LogP contribution >= 0.6 is 0 Å². The molecule has 2 N–H and O–H groups in total. The molecular formula is C20H23FN4O5S. The number of hydrogen-bond donors (Lipinski definition) is 2. The number of carbonyl (C=O) groups excluding carboxylic acids is 2. The molecule has 2 aliphatic rings. The van der Waals surface area contributed by atoms with Crippen molar-refractivity contribution in [2.24, 2.45) is 5.92 Å². The number of aryl methyl sites for hydroxylation is 1. The fraction of sp³-hybridized carbons (Fsp3) is 0.450. The normalized spacial score (nSPS) is 16.8. The fourth-order valence-electron chi connectivity index (χ4n) is 3.31. The van der Waals surface area contributed by atoms with Crippen LogP contribution in [0.1, 0.15) is 54.0 Å². The minimum absolute atomic E-state index is 0.127. The third-order valence-electron chi connectivity index (χ3n) is 5.23. The van der Waals surface area contributed by atoms with E-state index in [1.807, 2.05) is 0 Å². The van der Waals surface area contributed by atoms with Crippen LogP contribution in [0.15, 0.2) is 24.3 Å². The SMILES string of the molecule is C[C@@H](NS(=O)(=O)CCCc1cc2n(n1)C(=O)NC2=O)c1ccc(F)c(OCC2CC2)c1. The summed E-state index contributed by atoms with van der Waals surface area (Å²) >= 11 is 0. The van der Waals surface area contributed by atoms with Crippen molar-refractivity contribution in [3.05, 3.63) is 47.0 Å². The summed E-state index contributed by atoms with van der Waals surface area (Å²) in [6.45, 7) is 2.14. The number of fused-ring (bicyclic) bond motifs is 1. The van der Waals surface area contributed by atoms with Gasteiger partial charge < -0.3 is 4.74 Å². The Kier molecular flexibility index (Phi) is 5.80. The molecule has 166 valence electrons. The Morgan fingerprint density at radius 3 is 2.81 bits per heavy atom. The molecule has 1 aromatic heterocycles. The van der Waals surface area contributed by atoms with E-state index in [1.165, 1.54) is 24.3 Å². The van der Waals surface area contributed by atoms with Crippen LogP contribution in [0, 0.1) is 11.7 Å². The predicted molar refractivity (Wildman–Crippen MR) is 109 cm³/mol. The van der Waals surface area contributed by atoms with Crippen LogP contribution in [0.5, 0.6) is 5.75 Å². The third-order valence-corrected chi connectivity index (χ3v) is 6.77. The molecule has 2 heterocycles. The number of benzene rings is 1. The van der Waals surface area contributed by atoms with Crippen molar-refractivity contribution in [3.8, 4) is 5.75 Å². The van der Waals surface area contributed by atoms with E-state index < -0.39 is 33.8 Å². The van der Waals surface area contributed by atoms with Gasteiger partial charge in [-0.3, -0.25) is 10.1 Å². The summed E-state index contributed by atoms with van der Waals surface area (Å²) in [4.78, 5) is 23.1. The first-order chi connectivity index (χ1) is 14.7. The van der Waals surface area contributed by atoms with Crippen molar-refractivity contribution in [1.29, 1.82) is 0 Å². The monoisotopic (exact) mass is 450 g/mol. The van der Waals surface area contributed by atoms with Gasteiger partial charge in [-0.1, -0.05) is 6.07 Å². The molecule has 1 aromatic carbocycles. The van der Waals surface area contributed by atoms with Gasteiger partial charge in [0, 0.05) is 6.04 Å². The molecule has 1 saturated carbocycles. The minimum atomic E-state index is -3.62. The molecule has 1 fully saturated rings. The van der Waals surface area contributed by atoms with Crippen molar-refractivity contribution in [1.82, 2.24) is 19.8 Å². The molecule has 1 aliphatic heterocycles. The molecule has 11 heteroatoms. The van der Waals surface area contributed by atoms with Gasteiger partial charge in [0.25, 0.3) is 5.91 Å². The molecule has 0 radical (unpaired) electrons. The zero-order valence-corrected chi connectivity index (χ0v) is 17.7. The van der Waals surface area contributed by atoms with Crippen LogP contribution in [0.2, 0.25) is 0 Å². The van der Waals surface area contributed by atoms with E-state index in [-0.39, 0.29) is 23.6 Å². The smallest absolute Gasteiger partial charge is 0.349 e. The predicted octanol–water partition coefficient (Wildman–Crippen LogP) is 2.14. The van der Waals surface area contributed by atoms with Gasteiger partial charge in [-0.15, -0.1) is 0 Å². The van der Waals surface area contributed by atoms with Gasteiger partial charge in [0.15, 0.2) is 11.6 Å². The number of sulfonamides is 1. The number of nitrogens with one attached hydrogen (secondary N) is 2. The van der Waals surface area contributed by atoms with E-state index in [0.29, 0.717) is 30.2 Å². The molecular weight excluding hydrogens is 427 g/mol. The highest BCUT2D eigenvalue weighted by molar-refractivity contribution is 7.89. The Balaban J connectivity index is 1.31. The first-order valence-electron chi connectivity index (χ1n) is 10.1. The highest BCUT2D eigenvalue weighted by atomic mass is 32.2. The molecule has 0 unspecified atom stereocenters. The Morgan fingerprint density at radius 1 is 1.32 bits per heavy atom. The van der Waals surface area contributed by atoms with Gasteiger partial charge >= 0.3 is 6.03 Å². The summed E-state index contributed by atoms with van der Waals surface area (Å²) in [6.07, 6.45) is 2.73. The van der Waals surface area contributed by atoms with E-state index in [0.717, 1.165) is 17.5 Å². The minimum Gasteiger partial charge on any atom is -0.490 e. The van der Waals surface area contributed by atoms with Gasteiger partial charge in [-0.05, 0) is 62.3 Å². The Bertz CT molecular complexity index is 1100. The van der Waals surface area contributed by atoms with Gasteiger partial charge in [0.1, 0.15) is 5.69 Å². The number of imide groups is 1. The molecule has 0 saturated heterocycles. The largest absolute Gasteiger partial charge is 0.490 e. The zero-order chi connectivity index (χ0) is 22.2. The zero-order valence-electron chi connectivity index (χ0n) is 16.9. The quantitative estimate of drug-likeness (QED) is 0.572. The van der Waals surface area contributed by atoms with Gasteiger partial charge in [-0.2, -0.15) is 9.78 Å². The summed E-state index contributed by atoms with van der Waals surface area (Å²) in [5.41, 5.74) is 1.22. The lowest BCUT2D eigenvalue weighted by atomic mass is 10.1. The second-order valence-corrected chi connectivity index (χ2v) is 9.77. The number of hydrogen-bond acceptors (Lipinski definition) is 6. The number of carbonyl (C=O) groups is 2. The molecule has 1 atom stereocenters. The number of rotatable bonds is 10. The number of ether oxygens (including phenoxy) is 1. The number of aromatic nitrogens is 2. The van der Waals surface area contributed by atoms with Gasteiger partial charge in [0.05, 0.1) is 18.1 Å². The number of nitrogens with zero attached hydrogens (tertiary/aromatic N) is 2. The fourth-order valence-corrected chi connectivity index (χ4v) is 4.63. The van der Waals surface area contributed by atoms with Crippen molar-refractivity contribution < 1.29 is 27.1 Å². The van der Waals surface area contributed by atoms with Crippen molar-refractivity contribution in [2.45, 2.75) is 38.6 Å².